The number of allylic oxidation sites excluding steroid dienone is 1. The van der Waals surface area contributed by atoms with Crippen molar-refractivity contribution in [3.63, 3.8) is 0 Å². The molecule has 1 aromatic carbocycles. The first-order valence-electron chi connectivity index (χ1n) is 5.25. The van der Waals surface area contributed by atoms with Crippen LogP contribution in [0.15, 0.2) is 35.3 Å². The van der Waals surface area contributed by atoms with Gasteiger partial charge in [-0.05, 0) is 31.0 Å². The van der Waals surface area contributed by atoms with Crippen LogP contribution < -0.4 is 10.5 Å². The number of rotatable bonds is 5. The van der Waals surface area contributed by atoms with E-state index in [9.17, 15) is 13.2 Å². The van der Waals surface area contributed by atoms with E-state index >= 15 is 0 Å². The molecule has 0 aliphatic carbocycles. The third-order valence-electron chi connectivity index (χ3n) is 2.28. The SMILES string of the molecule is C=CCC[C@@H](N)c1cc(Br)ccc1OC(F)(F)F.Cl. The molecule has 0 saturated heterocycles. The smallest absolute Gasteiger partial charge is 0.405 e. The van der Waals surface area contributed by atoms with E-state index in [1.54, 1.807) is 6.08 Å². The van der Waals surface area contributed by atoms with Crippen molar-refractivity contribution in [3.8, 4) is 5.75 Å². The molecule has 2 N–H and O–H groups in total. The highest BCUT2D eigenvalue weighted by atomic mass is 79.9. The standard InChI is InChI=1S/C12H13BrF3NO.ClH/c1-2-3-4-10(17)9-7-8(13)5-6-11(9)18-12(14,15)16;/h2,5-7,10H,1,3-4,17H2;1H/t10-;/m1./s1. The van der Waals surface area contributed by atoms with Gasteiger partial charge in [-0.2, -0.15) is 0 Å². The Morgan fingerprint density at radius 3 is 2.58 bits per heavy atom. The highest BCUT2D eigenvalue weighted by Gasteiger charge is 2.32. The fraction of sp³-hybridized carbons (Fsp3) is 0.333. The number of ether oxygens (including phenoxy) is 1. The van der Waals surface area contributed by atoms with Gasteiger partial charge in [0.25, 0.3) is 0 Å². The zero-order valence-electron chi connectivity index (χ0n) is 9.91. The fourth-order valence-electron chi connectivity index (χ4n) is 1.48. The van der Waals surface area contributed by atoms with E-state index in [2.05, 4.69) is 27.2 Å². The van der Waals surface area contributed by atoms with E-state index in [1.165, 1.54) is 18.2 Å². The van der Waals surface area contributed by atoms with Crippen LogP contribution in [0.25, 0.3) is 0 Å². The van der Waals surface area contributed by atoms with Crippen molar-refractivity contribution in [1.82, 2.24) is 0 Å². The Kier molecular flexibility index (Phi) is 7.47. The van der Waals surface area contributed by atoms with Crippen molar-refractivity contribution in [2.45, 2.75) is 25.2 Å². The van der Waals surface area contributed by atoms with Crippen molar-refractivity contribution < 1.29 is 17.9 Å². The molecule has 0 fully saturated rings. The normalized spacial score (nSPS) is 12.5. The van der Waals surface area contributed by atoms with Gasteiger partial charge in [0.15, 0.2) is 0 Å². The number of alkyl halides is 3. The molecule has 0 spiro atoms. The van der Waals surface area contributed by atoms with Crippen LogP contribution in [0, 0.1) is 0 Å². The Morgan fingerprint density at radius 2 is 2.05 bits per heavy atom. The maximum atomic E-state index is 12.2. The molecule has 0 aliphatic heterocycles. The van der Waals surface area contributed by atoms with E-state index in [1.807, 2.05) is 0 Å². The molecule has 0 heterocycles. The van der Waals surface area contributed by atoms with E-state index in [-0.39, 0.29) is 18.2 Å². The fourth-order valence-corrected chi connectivity index (χ4v) is 1.86. The minimum Gasteiger partial charge on any atom is -0.405 e. The van der Waals surface area contributed by atoms with Crippen LogP contribution in [0.2, 0.25) is 0 Å². The minimum absolute atomic E-state index is 0. The average Bonchev–Trinajstić information content (AvgIpc) is 2.26. The lowest BCUT2D eigenvalue weighted by molar-refractivity contribution is -0.275. The topological polar surface area (TPSA) is 35.2 Å². The van der Waals surface area contributed by atoms with Crippen LogP contribution in [-0.2, 0) is 0 Å². The van der Waals surface area contributed by atoms with Crippen molar-refractivity contribution in [2.75, 3.05) is 0 Å². The van der Waals surface area contributed by atoms with E-state index in [0.29, 0.717) is 22.9 Å². The number of hydrogen-bond donors (Lipinski definition) is 1. The van der Waals surface area contributed by atoms with Gasteiger partial charge in [-0.1, -0.05) is 22.0 Å². The summed E-state index contributed by atoms with van der Waals surface area (Å²) in [6, 6.07) is 3.73. The molecule has 0 aliphatic rings. The van der Waals surface area contributed by atoms with Crippen LogP contribution in [0.1, 0.15) is 24.4 Å². The molecule has 1 aromatic rings. The van der Waals surface area contributed by atoms with Gasteiger partial charge in [0.05, 0.1) is 0 Å². The summed E-state index contributed by atoms with van der Waals surface area (Å²) in [5.41, 5.74) is 6.18. The molecule has 0 radical (unpaired) electrons. The van der Waals surface area contributed by atoms with Crippen LogP contribution in [0.4, 0.5) is 13.2 Å². The third kappa shape index (κ3) is 6.31. The van der Waals surface area contributed by atoms with Gasteiger partial charge >= 0.3 is 6.36 Å². The molecular formula is C12H14BrClF3NO. The zero-order chi connectivity index (χ0) is 13.8. The minimum atomic E-state index is -4.72. The lowest BCUT2D eigenvalue weighted by Gasteiger charge is -2.18. The summed E-state index contributed by atoms with van der Waals surface area (Å²) in [6.07, 6.45) is -1.92. The van der Waals surface area contributed by atoms with E-state index < -0.39 is 12.4 Å². The van der Waals surface area contributed by atoms with Crippen LogP contribution >= 0.6 is 28.3 Å². The van der Waals surface area contributed by atoms with Gasteiger partial charge in [-0.25, -0.2) is 0 Å². The summed E-state index contributed by atoms with van der Waals surface area (Å²) < 4.78 is 41.4. The Hall–Kier alpha value is -0.720. The van der Waals surface area contributed by atoms with Crippen molar-refractivity contribution in [1.29, 1.82) is 0 Å². The molecule has 1 rings (SSSR count). The third-order valence-corrected chi connectivity index (χ3v) is 2.77. The van der Waals surface area contributed by atoms with E-state index in [0.717, 1.165) is 0 Å². The predicted octanol–water partition coefficient (Wildman–Crippen LogP) is 4.74. The van der Waals surface area contributed by atoms with Gasteiger partial charge < -0.3 is 10.5 Å². The molecule has 19 heavy (non-hydrogen) atoms. The number of halogens is 5. The quantitative estimate of drug-likeness (QED) is 0.770. The molecule has 0 bridgehead atoms. The van der Waals surface area contributed by atoms with E-state index in [4.69, 9.17) is 5.73 Å². The average molecular weight is 361 g/mol. The summed E-state index contributed by atoms with van der Waals surface area (Å²) in [6.45, 7) is 3.55. The molecule has 0 saturated carbocycles. The summed E-state index contributed by atoms with van der Waals surface area (Å²) in [4.78, 5) is 0. The van der Waals surface area contributed by atoms with Crippen molar-refractivity contribution in [2.24, 2.45) is 5.73 Å². The Labute approximate surface area is 124 Å². The number of nitrogens with two attached hydrogens (primary N) is 1. The molecule has 0 amide bonds. The molecule has 0 aromatic heterocycles. The first-order valence-corrected chi connectivity index (χ1v) is 6.04. The highest BCUT2D eigenvalue weighted by molar-refractivity contribution is 9.10. The number of benzene rings is 1. The van der Waals surface area contributed by atoms with Crippen molar-refractivity contribution in [3.05, 3.63) is 40.9 Å². The molecule has 1 atom stereocenters. The number of hydrogen-bond acceptors (Lipinski definition) is 2. The summed E-state index contributed by atoms with van der Waals surface area (Å²) in [7, 11) is 0. The maximum absolute atomic E-state index is 12.2. The first-order chi connectivity index (χ1) is 8.33. The van der Waals surface area contributed by atoms with Crippen LogP contribution in [-0.4, -0.2) is 6.36 Å². The lowest BCUT2D eigenvalue weighted by Crippen LogP contribution is -2.20. The molecule has 7 heteroatoms. The van der Waals surface area contributed by atoms with Gasteiger partial charge in [-0.3, -0.25) is 0 Å². The van der Waals surface area contributed by atoms with Crippen LogP contribution in [0.3, 0.4) is 0 Å². The second-order valence-corrected chi connectivity index (χ2v) is 4.62. The second-order valence-electron chi connectivity index (χ2n) is 3.70. The highest BCUT2D eigenvalue weighted by Crippen LogP contribution is 2.33. The monoisotopic (exact) mass is 359 g/mol. The predicted molar refractivity (Wildman–Crippen MR) is 74.4 cm³/mol. The van der Waals surface area contributed by atoms with Gasteiger partial charge in [0.2, 0.25) is 0 Å². The Balaban J connectivity index is 0.00000324. The van der Waals surface area contributed by atoms with Gasteiger partial charge in [0, 0.05) is 16.1 Å². The first kappa shape index (κ1) is 18.3. The lowest BCUT2D eigenvalue weighted by atomic mass is 10.0. The molecular weight excluding hydrogens is 346 g/mol. The maximum Gasteiger partial charge on any atom is 0.573 e. The van der Waals surface area contributed by atoms with Gasteiger partial charge in [-0.15, -0.1) is 32.2 Å². The van der Waals surface area contributed by atoms with Gasteiger partial charge in [0.1, 0.15) is 5.75 Å². The summed E-state index contributed by atoms with van der Waals surface area (Å²) in [5.74, 6) is -0.262. The molecule has 2 nitrogen and oxygen atoms in total. The molecule has 0 unspecified atom stereocenters. The summed E-state index contributed by atoms with van der Waals surface area (Å²) in [5, 5.41) is 0. The van der Waals surface area contributed by atoms with Crippen molar-refractivity contribution >= 4 is 28.3 Å². The second kappa shape index (κ2) is 7.77. The van der Waals surface area contributed by atoms with Crippen LogP contribution in [0.5, 0.6) is 5.75 Å². The zero-order valence-corrected chi connectivity index (χ0v) is 12.3. The largest absolute Gasteiger partial charge is 0.573 e. The molecule has 108 valence electrons. The summed E-state index contributed by atoms with van der Waals surface area (Å²) >= 11 is 3.20. The Morgan fingerprint density at radius 1 is 1.42 bits per heavy atom. The Bertz CT molecular complexity index is 426.